The molecule has 0 saturated carbocycles. The fraction of sp³-hybridized carbons (Fsp3) is 0.174. The molecule has 0 fully saturated rings. The van der Waals surface area contributed by atoms with E-state index in [0.29, 0.717) is 33.2 Å². The zero-order valence-electron chi connectivity index (χ0n) is 17.2. The highest BCUT2D eigenvalue weighted by Crippen LogP contribution is 2.31. The Morgan fingerprint density at radius 1 is 1.16 bits per heavy atom. The van der Waals surface area contributed by atoms with E-state index in [1.165, 1.54) is 6.26 Å². The van der Waals surface area contributed by atoms with Crippen molar-refractivity contribution in [2.45, 2.75) is 20.3 Å². The molecule has 0 spiro atoms. The summed E-state index contributed by atoms with van der Waals surface area (Å²) in [5.74, 6) is 0.124. The first-order chi connectivity index (χ1) is 14.9. The predicted octanol–water partition coefficient (Wildman–Crippen LogP) is 4.78. The molecule has 8 heteroatoms. The van der Waals surface area contributed by atoms with E-state index in [1.54, 1.807) is 48.9 Å². The van der Waals surface area contributed by atoms with Crippen LogP contribution in [-0.2, 0) is 11.2 Å². The summed E-state index contributed by atoms with van der Waals surface area (Å²) in [7, 11) is 1.57. The Morgan fingerprint density at radius 2 is 1.90 bits per heavy atom. The topological polar surface area (TPSA) is 86.4 Å². The summed E-state index contributed by atoms with van der Waals surface area (Å²) in [6, 6.07) is 12.3. The molecule has 31 heavy (non-hydrogen) atoms. The molecule has 2 aromatic carbocycles. The van der Waals surface area contributed by atoms with Crippen molar-refractivity contribution in [1.29, 1.82) is 0 Å². The number of anilines is 1. The maximum absolute atomic E-state index is 13.3. The lowest BCUT2D eigenvalue weighted by molar-refractivity contribution is -0.115. The molecule has 158 valence electrons. The Hall–Kier alpha value is -3.58. The predicted molar refractivity (Wildman–Crippen MR) is 118 cm³/mol. The number of oxazole rings is 1. The highest BCUT2D eigenvalue weighted by molar-refractivity contribution is 6.30. The lowest BCUT2D eigenvalue weighted by atomic mass is 10.1. The van der Waals surface area contributed by atoms with E-state index in [2.05, 4.69) is 10.3 Å². The number of nitrogens with zero attached hydrogens (tertiary/aromatic N) is 2. The van der Waals surface area contributed by atoms with Gasteiger partial charge in [0.05, 0.1) is 24.7 Å². The number of ether oxygens (including phenoxy) is 1. The number of hydrogen-bond acceptors (Lipinski definition) is 5. The van der Waals surface area contributed by atoms with Gasteiger partial charge in [-0.15, -0.1) is 0 Å². The number of rotatable bonds is 5. The van der Waals surface area contributed by atoms with Crippen LogP contribution < -0.4 is 10.1 Å². The van der Waals surface area contributed by atoms with Crippen molar-refractivity contribution in [2.75, 3.05) is 12.4 Å². The zero-order chi connectivity index (χ0) is 22.1. The summed E-state index contributed by atoms with van der Waals surface area (Å²) in [5, 5.41) is 3.96. The summed E-state index contributed by atoms with van der Waals surface area (Å²) < 4.78 is 12.2. The number of halogens is 1. The Bertz CT molecular complexity index is 1290. The van der Waals surface area contributed by atoms with Crippen molar-refractivity contribution in [3.8, 4) is 5.75 Å². The van der Waals surface area contributed by atoms with Gasteiger partial charge in [-0.1, -0.05) is 11.6 Å². The molecule has 0 aliphatic rings. The van der Waals surface area contributed by atoms with Crippen LogP contribution in [-0.4, -0.2) is 28.5 Å². The number of amides is 1. The van der Waals surface area contributed by atoms with Crippen molar-refractivity contribution < 1.29 is 18.7 Å². The van der Waals surface area contributed by atoms with Crippen LogP contribution in [0.2, 0.25) is 5.02 Å². The van der Waals surface area contributed by atoms with E-state index in [9.17, 15) is 9.59 Å². The van der Waals surface area contributed by atoms with E-state index >= 15 is 0 Å². The van der Waals surface area contributed by atoms with Gasteiger partial charge in [0.2, 0.25) is 5.91 Å². The summed E-state index contributed by atoms with van der Waals surface area (Å²) in [5.41, 5.74) is 3.24. The van der Waals surface area contributed by atoms with Gasteiger partial charge in [0.25, 0.3) is 5.91 Å². The molecule has 1 N–H and O–H groups in total. The molecule has 0 bridgehead atoms. The highest BCUT2D eigenvalue weighted by Gasteiger charge is 2.22. The number of hydrogen-bond donors (Lipinski definition) is 1. The van der Waals surface area contributed by atoms with Gasteiger partial charge in [0.15, 0.2) is 0 Å². The average Bonchev–Trinajstić information content (AvgIpc) is 3.28. The van der Waals surface area contributed by atoms with Crippen LogP contribution in [0.5, 0.6) is 5.75 Å². The SMILES string of the molecule is COc1ccc2c(c1)c(CC(=O)Nc1nc(C)co1)c(C)n2C(=O)c1ccc(Cl)cc1. The fourth-order valence-electron chi connectivity index (χ4n) is 3.53. The minimum Gasteiger partial charge on any atom is -0.497 e. The molecule has 0 unspecified atom stereocenters. The number of carbonyl (C=O) groups is 2. The average molecular weight is 438 g/mol. The number of aryl methyl sites for hydroxylation is 1. The maximum Gasteiger partial charge on any atom is 0.301 e. The molecule has 4 rings (SSSR count). The van der Waals surface area contributed by atoms with Gasteiger partial charge in [-0.3, -0.25) is 19.5 Å². The lowest BCUT2D eigenvalue weighted by Gasteiger charge is -2.08. The van der Waals surface area contributed by atoms with E-state index in [-0.39, 0.29) is 24.2 Å². The number of fused-ring (bicyclic) bond motifs is 1. The number of methoxy groups -OCH3 is 1. The molecule has 0 aliphatic heterocycles. The van der Waals surface area contributed by atoms with E-state index in [4.69, 9.17) is 20.8 Å². The Kier molecular flexibility index (Phi) is 5.52. The molecule has 2 aromatic heterocycles. The van der Waals surface area contributed by atoms with Gasteiger partial charge in [0, 0.05) is 21.7 Å². The third-order valence-electron chi connectivity index (χ3n) is 5.04. The third kappa shape index (κ3) is 4.04. The summed E-state index contributed by atoms with van der Waals surface area (Å²) >= 11 is 5.96. The molecular formula is C23H20ClN3O4. The maximum atomic E-state index is 13.3. The second-order valence-corrected chi connectivity index (χ2v) is 7.55. The van der Waals surface area contributed by atoms with Crippen molar-refractivity contribution in [3.05, 3.63) is 76.3 Å². The molecule has 0 aliphatic carbocycles. The van der Waals surface area contributed by atoms with Crippen LogP contribution in [0.15, 0.2) is 53.1 Å². The Labute approximate surface area is 183 Å². The lowest BCUT2D eigenvalue weighted by Crippen LogP contribution is -2.17. The van der Waals surface area contributed by atoms with Gasteiger partial charge < -0.3 is 9.15 Å². The van der Waals surface area contributed by atoms with Crippen LogP contribution in [0.4, 0.5) is 6.01 Å². The van der Waals surface area contributed by atoms with Crippen molar-refractivity contribution in [2.24, 2.45) is 0 Å². The zero-order valence-corrected chi connectivity index (χ0v) is 18.0. The standard InChI is InChI=1S/C23H20ClN3O4/c1-13-12-31-23(25-13)26-21(28)11-18-14(2)27(20-9-8-17(30-3)10-19(18)20)22(29)15-4-6-16(24)7-5-15/h4-10,12H,11H2,1-3H3,(H,25,26,28). The van der Waals surface area contributed by atoms with Gasteiger partial charge in [-0.2, -0.15) is 4.98 Å². The van der Waals surface area contributed by atoms with Gasteiger partial charge in [-0.05, 0) is 61.9 Å². The third-order valence-corrected chi connectivity index (χ3v) is 5.29. The van der Waals surface area contributed by atoms with Crippen molar-refractivity contribution in [1.82, 2.24) is 9.55 Å². The summed E-state index contributed by atoms with van der Waals surface area (Å²) in [4.78, 5) is 30.1. The minimum atomic E-state index is -0.300. The van der Waals surface area contributed by atoms with Crippen LogP contribution in [0.1, 0.15) is 27.3 Å². The van der Waals surface area contributed by atoms with Gasteiger partial charge in [-0.25, -0.2) is 0 Å². The number of nitrogens with one attached hydrogen (secondary N) is 1. The van der Waals surface area contributed by atoms with E-state index < -0.39 is 0 Å². The van der Waals surface area contributed by atoms with Crippen LogP contribution >= 0.6 is 11.6 Å². The second-order valence-electron chi connectivity index (χ2n) is 7.11. The molecule has 1 amide bonds. The number of benzene rings is 2. The molecule has 7 nitrogen and oxygen atoms in total. The van der Waals surface area contributed by atoms with Crippen molar-refractivity contribution >= 4 is 40.3 Å². The fourth-order valence-corrected chi connectivity index (χ4v) is 3.66. The van der Waals surface area contributed by atoms with E-state index in [0.717, 1.165) is 10.9 Å². The van der Waals surface area contributed by atoms with Crippen LogP contribution in [0.25, 0.3) is 10.9 Å². The molecule has 0 atom stereocenters. The first-order valence-corrected chi connectivity index (χ1v) is 9.95. The molecule has 2 heterocycles. The molecule has 4 aromatic rings. The Morgan fingerprint density at radius 3 is 2.55 bits per heavy atom. The first kappa shape index (κ1) is 20.7. The quantitative estimate of drug-likeness (QED) is 0.485. The second kappa shape index (κ2) is 8.28. The van der Waals surface area contributed by atoms with Crippen molar-refractivity contribution in [3.63, 3.8) is 0 Å². The minimum absolute atomic E-state index is 0.0395. The largest absolute Gasteiger partial charge is 0.497 e. The monoisotopic (exact) mass is 437 g/mol. The Balaban J connectivity index is 1.77. The van der Waals surface area contributed by atoms with Crippen LogP contribution in [0.3, 0.4) is 0 Å². The van der Waals surface area contributed by atoms with E-state index in [1.807, 2.05) is 19.1 Å². The summed E-state index contributed by atoms with van der Waals surface area (Å²) in [6.45, 7) is 3.59. The molecule has 0 radical (unpaired) electrons. The van der Waals surface area contributed by atoms with Crippen LogP contribution in [0, 0.1) is 13.8 Å². The number of aromatic nitrogens is 2. The number of carbonyl (C=O) groups excluding carboxylic acids is 2. The van der Waals surface area contributed by atoms with Gasteiger partial charge >= 0.3 is 6.01 Å². The normalized spacial score (nSPS) is 11.0. The summed E-state index contributed by atoms with van der Waals surface area (Å²) in [6.07, 6.45) is 1.50. The smallest absolute Gasteiger partial charge is 0.301 e. The first-order valence-electron chi connectivity index (χ1n) is 9.57. The van der Waals surface area contributed by atoms with Gasteiger partial charge in [0.1, 0.15) is 12.0 Å². The molecular weight excluding hydrogens is 418 g/mol. The molecule has 0 saturated heterocycles. The highest BCUT2D eigenvalue weighted by atomic mass is 35.5.